The maximum Gasteiger partial charge on any atom is 0.293 e. The van der Waals surface area contributed by atoms with E-state index in [0.717, 1.165) is 35.4 Å². The van der Waals surface area contributed by atoms with Gasteiger partial charge in [-0.2, -0.15) is 4.68 Å². The summed E-state index contributed by atoms with van der Waals surface area (Å²) in [5.74, 6) is 1.40. The van der Waals surface area contributed by atoms with E-state index in [-0.39, 0.29) is 5.60 Å². The van der Waals surface area contributed by atoms with Gasteiger partial charge in [-0.05, 0) is 69.3 Å². The first-order valence-corrected chi connectivity index (χ1v) is 12.1. The Kier molecular flexibility index (Phi) is 8.56. The number of thiazole rings is 1. The molecule has 10 heteroatoms. The van der Waals surface area contributed by atoms with Crippen LogP contribution in [-0.4, -0.2) is 50.4 Å². The minimum Gasteiger partial charge on any atom is -0.462 e. The molecule has 31 heavy (non-hydrogen) atoms. The molecule has 0 saturated carbocycles. The second kappa shape index (κ2) is 11.4. The monoisotopic (exact) mass is 460 g/mol. The number of hydrogen-bond acceptors (Lipinski definition) is 9. The molecule has 0 aliphatic carbocycles. The Hall–Kier alpha value is -2.30. The van der Waals surface area contributed by atoms with Gasteiger partial charge in [-0.25, -0.2) is 4.98 Å². The number of rotatable bonds is 6. The van der Waals surface area contributed by atoms with Crippen molar-refractivity contribution in [3.05, 3.63) is 46.4 Å². The zero-order valence-electron chi connectivity index (χ0n) is 18.0. The van der Waals surface area contributed by atoms with Crippen LogP contribution in [0, 0.1) is 0 Å². The second-order valence-corrected chi connectivity index (χ2v) is 9.86. The zero-order chi connectivity index (χ0) is 22.1. The summed E-state index contributed by atoms with van der Waals surface area (Å²) in [6, 6.07) is 9.95. The molecule has 3 aromatic rings. The van der Waals surface area contributed by atoms with Gasteiger partial charge in [0.2, 0.25) is 5.16 Å². The summed E-state index contributed by atoms with van der Waals surface area (Å²) in [7, 11) is 0. The maximum absolute atomic E-state index is 9.60. The molecule has 0 spiro atoms. The lowest BCUT2D eigenvalue weighted by Crippen LogP contribution is -2.26. The van der Waals surface area contributed by atoms with Crippen LogP contribution in [0.15, 0.2) is 40.9 Å². The van der Waals surface area contributed by atoms with E-state index < -0.39 is 0 Å². The first kappa shape index (κ1) is 23.4. The Bertz CT molecular complexity index is 933. The van der Waals surface area contributed by atoms with Crippen molar-refractivity contribution in [3.8, 4) is 5.69 Å². The van der Waals surface area contributed by atoms with Crippen LogP contribution in [0.1, 0.15) is 50.2 Å². The molecular weight excluding hydrogens is 432 g/mol. The molecule has 0 amide bonds. The van der Waals surface area contributed by atoms with Crippen molar-refractivity contribution >= 4 is 29.6 Å². The molecular formula is C21H28N6O2S2. The summed E-state index contributed by atoms with van der Waals surface area (Å²) in [6.07, 6.45) is 2.37. The zero-order valence-corrected chi connectivity index (χ0v) is 19.7. The Morgan fingerprint density at radius 2 is 2.00 bits per heavy atom. The number of carbonyl (C=O) groups excluding carboxylic acids is 1. The minimum absolute atomic E-state index is 0.318. The first-order valence-electron chi connectivity index (χ1n) is 10.2. The van der Waals surface area contributed by atoms with E-state index in [4.69, 9.17) is 4.98 Å². The summed E-state index contributed by atoms with van der Waals surface area (Å²) >= 11 is 3.40. The van der Waals surface area contributed by atoms with E-state index in [1.165, 1.54) is 17.8 Å². The molecule has 1 saturated heterocycles. The average Bonchev–Trinajstić information content (AvgIpc) is 3.43. The molecule has 1 aliphatic rings. The predicted octanol–water partition coefficient (Wildman–Crippen LogP) is 3.84. The maximum atomic E-state index is 9.60. The van der Waals surface area contributed by atoms with Crippen LogP contribution in [0.3, 0.4) is 0 Å². The minimum atomic E-state index is -0.318. The predicted molar refractivity (Wildman–Crippen MR) is 123 cm³/mol. The van der Waals surface area contributed by atoms with E-state index in [1.807, 2.05) is 51.1 Å². The Balaban J connectivity index is 0.000000339. The highest BCUT2D eigenvalue weighted by atomic mass is 32.2. The number of hydrogen-bond donors (Lipinski definition) is 1. The Labute approximate surface area is 190 Å². The van der Waals surface area contributed by atoms with Crippen molar-refractivity contribution in [1.82, 2.24) is 30.5 Å². The van der Waals surface area contributed by atoms with Gasteiger partial charge in [0.15, 0.2) is 0 Å². The summed E-state index contributed by atoms with van der Waals surface area (Å²) in [6.45, 7) is 8.12. The number of aromatic nitrogens is 5. The van der Waals surface area contributed by atoms with Crippen LogP contribution in [0.2, 0.25) is 0 Å². The summed E-state index contributed by atoms with van der Waals surface area (Å²) in [5.41, 5.74) is 1.77. The van der Waals surface area contributed by atoms with Crippen molar-refractivity contribution in [3.63, 3.8) is 0 Å². The fourth-order valence-electron chi connectivity index (χ4n) is 2.93. The third kappa shape index (κ3) is 7.41. The summed E-state index contributed by atoms with van der Waals surface area (Å²) in [4.78, 5) is 14.4. The lowest BCUT2D eigenvalue weighted by molar-refractivity contribution is -0.138. The molecule has 0 radical (unpaired) electrons. The van der Waals surface area contributed by atoms with Crippen molar-refractivity contribution in [1.29, 1.82) is 0 Å². The number of nitrogens with zero attached hydrogens (tertiary/aromatic N) is 5. The smallest absolute Gasteiger partial charge is 0.293 e. The number of tetrazole rings is 1. The fourth-order valence-corrected chi connectivity index (χ4v) is 4.81. The topological polar surface area (TPSA) is 94.8 Å². The highest BCUT2D eigenvalue weighted by Gasteiger charge is 2.19. The average molecular weight is 461 g/mol. The molecule has 1 fully saturated rings. The lowest BCUT2D eigenvalue weighted by Gasteiger charge is -2.20. The van der Waals surface area contributed by atoms with Gasteiger partial charge in [-0.3, -0.25) is 4.79 Å². The molecule has 0 atom stereocenters. The largest absolute Gasteiger partial charge is 0.462 e. The van der Waals surface area contributed by atoms with Gasteiger partial charge in [0.25, 0.3) is 6.47 Å². The van der Waals surface area contributed by atoms with Crippen molar-refractivity contribution < 1.29 is 9.53 Å². The summed E-state index contributed by atoms with van der Waals surface area (Å²) < 4.78 is 6.32. The molecule has 4 rings (SSSR count). The molecule has 3 heterocycles. The van der Waals surface area contributed by atoms with Gasteiger partial charge in [0.05, 0.1) is 16.4 Å². The Morgan fingerprint density at radius 3 is 2.65 bits per heavy atom. The van der Waals surface area contributed by atoms with Gasteiger partial charge in [-0.1, -0.05) is 30.0 Å². The number of carbonyl (C=O) groups is 1. The van der Waals surface area contributed by atoms with E-state index in [0.29, 0.717) is 12.4 Å². The number of nitrogens with one attached hydrogen (secondary N) is 1. The summed E-state index contributed by atoms with van der Waals surface area (Å²) in [5, 5.41) is 19.7. The molecule has 0 bridgehead atoms. The second-order valence-electron chi connectivity index (χ2n) is 8.03. The highest BCUT2D eigenvalue weighted by molar-refractivity contribution is 7.98. The number of thioether (sulfide) groups is 1. The first-order chi connectivity index (χ1) is 15.0. The quantitative estimate of drug-likeness (QED) is 0.438. The van der Waals surface area contributed by atoms with Gasteiger partial charge in [-0.15, -0.1) is 16.4 Å². The van der Waals surface area contributed by atoms with Crippen molar-refractivity contribution in [2.45, 2.75) is 56.0 Å². The molecule has 0 unspecified atom stereocenters. The molecule has 166 valence electrons. The standard InChI is InChI=1S/C16H18N6S2.C5H10O2/c1-2-4-14(5-3-1)22-16(19-20-21-22)24-11-13-10-23-15(18-13)12-6-8-17-9-7-12;1-5(2,3)7-4-6/h1-5,10,12,17H,6-9,11H2;4H,1-3H3. The molecule has 1 aliphatic heterocycles. The van der Waals surface area contributed by atoms with Crippen molar-refractivity contribution in [2.75, 3.05) is 13.1 Å². The van der Waals surface area contributed by atoms with Crippen LogP contribution in [-0.2, 0) is 15.3 Å². The normalized spacial score (nSPS) is 14.5. The van der Waals surface area contributed by atoms with Gasteiger partial charge >= 0.3 is 0 Å². The molecule has 8 nitrogen and oxygen atoms in total. The lowest BCUT2D eigenvalue weighted by atomic mass is 9.99. The van der Waals surface area contributed by atoms with Crippen molar-refractivity contribution in [2.24, 2.45) is 0 Å². The van der Waals surface area contributed by atoms with E-state index in [1.54, 1.807) is 27.8 Å². The SMILES string of the molecule is CC(C)(C)OC=O.c1ccc(-n2nnnc2SCc2csc(C3CCNCC3)n2)cc1. The van der Waals surface area contributed by atoms with Crippen LogP contribution < -0.4 is 5.32 Å². The molecule has 1 aromatic carbocycles. The Morgan fingerprint density at radius 1 is 1.26 bits per heavy atom. The van der Waals surface area contributed by atoms with Crippen LogP contribution in [0.4, 0.5) is 0 Å². The van der Waals surface area contributed by atoms with E-state index >= 15 is 0 Å². The van der Waals surface area contributed by atoms with Gasteiger partial charge in [0, 0.05) is 17.1 Å². The van der Waals surface area contributed by atoms with Crippen LogP contribution in [0.25, 0.3) is 5.69 Å². The van der Waals surface area contributed by atoms with E-state index in [2.05, 4.69) is 31.0 Å². The van der Waals surface area contributed by atoms with Gasteiger partial charge in [0.1, 0.15) is 5.60 Å². The van der Waals surface area contributed by atoms with E-state index in [9.17, 15) is 4.79 Å². The fraction of sp³-hybridized carbons (Fsp3) is 0.476. The number of piperidine rings is 1. The highest BCUT2D eigenvalue weighted by Crippen LogP contribution is 2.30. The molecule has 2 aromatic heterocycles. The van der Waals surface area contributed by atoms with Crippen LogP contribution in [0.5, 0.6) is 0 Å². The van der Waals surface area contributed by atoms with Gasteiger partial charge < -0.3 is 10.1 Å². The number of para-hydroxylation sites is 1. The van der Waals surface area contributed by atoms with Crippen LogP contribution >= 0.6 is 23.1 Å². The number of ether oxygens (including phenoxy) is 1. The molecule has 1 N–H and O–H groups in total. The third-order valence-corrected chi connectivity index (χ3v) is 6.46. The third-order valence-electron chi connectivity index (χ3n) is 4.45. The number of benzene rings is 1.